The van der Waals surface area contributed by atoms with Gasteiger partial charge in [-0.25, -0.2) is 0 Å². The number of hydrogen-bond acceptors (Lipinski definition) is 5. The SMILES string of the molecule is CCOc1cc(CNCCOCCO)cc(Br)c1OC(C)C. The lowest BCUT2D eigenvalue weighted by Crippen LogP contribution is -2.20. The van der Waals surface area contributed by atoms with Gasteiger partial charge in [-0.1, -0.05) is 0 Å². The highest BCUT2D eigenvalue weighted by Crippen LogP contribution is 2.37. The predicted octanol–water partition coefficient (Wildman–Crippen LogP) is 2.73. The third kappa shape index (κ3) is 6.96. The molecular formula is C16H26BrNO4. The normalized spacial score (nSPS) is 11.0. The van der Waals surface area contributed by atoms with Crippen LogP contribution in [0.25, 0.3) is 0 Å². The van der Waals surface area contributed by atoms with E-state index in [0.29, 0.717) is 26.4 Å². The van der Waals surface area contributed by atoms with Crippen LogP contribution in [0.3, 0.4) is 0 Å². The van der Waals surface area contributed by atoms with E-state index in [1.165, 1.54) is 0 Å². The summed E-state index contributed by atoms with van der Waals surface area (Å²) in [5, 5.41) is 11.9. The van der Waals surface area contributed by atoms with Crippen molar-refractivity contribution in [3.05, 3.63) is 22.2 Å². The molecule has 0 aliphatic rings. The Morgan fingerprint density at radius 3 is 2.68 bits per heavy atom. The molecule has 0 saturated carbocycles. The van der Waals surface area contributed by atoms with Gasteiger partial charge in [-0.3, -0.25) is 0 Å². The van der Waals surface area contributed by atoms with E-state index in [1.54, 1.807) is 0 Å². The van der Waals surface area contributed by atoms with Crippen LogP contribution in [0, 0.1) is 0 Å². The molecule has 0 fully saturated rings. The summed E-state index contributed by atoms with van der Waals surface area (Å²) in [7, 11) is 0. The number of halogens is 1. The second kappa shape index (κ2) is 10.8. The molecule has 6 heteroatoms. The Balaban J connectivity index is 2.64. The van der Waals surface area contributed by atoms with Gasteiger partial charge in [0, 0.05) is 13.1 Å². The fourth-order valence-corrected chi connectivity index (χ4v) is 2.46. The molecule has 0 spiro atoms. The molecule has 5 nitrogen and oxygen atoms in total. The van der Waals surface area contributed by atoms with Gasteiger partial charge in [-0.15, -0.1) is 0 Å². The average Bonchev–Trinajstić information content (AvgIpc) is 2.46. The van der Waals surface area contributed by atoms with E-state index in [1.807, 2.05) is 32.9 Å². The van der Waals surface area contributed by atoms with Crippen LogP contribution < -0.4 is 14.8 Å². The van der Waals surface area contributed by atoms with E-state index in [-0.39, 0.29) is 12.7 Å². The van der Waals surface area contributed by atoms with Crippen LogP contribution in [0.5, 0.6) is 11.5 Å². The number of aliphatic hydroxyl groups excluding tert-OH is 1. The zero-order valence-corrected chi connectivity index (χ0v) is 15.1. The zero-order chi connectivity index (χ0) is 16.4. The van der Waals surface area contributed by atoms with Crippen molar-refractivity contribution < 1.29 is 19.3 Å². The molecule has 0 amide bonds. The molecule has 1 aromatic carbocycles. The van der Waals surface area contributed by atoms with Crippen LogP contribution in [0.4, 0.5) is 0 Å². The highest BCUT2D eigenvalue weighted by atomic mass is 79.9. The van der Waals surface area contributed by atoms with Crippen LogP contribution >= 0.6 is 15.9 Å². The fraction of sp³-hybridized carbons (Fsp3) is 0.625. The molecule has 0 heterocycles. The summed E-state index contributed by atoms with van der Waals surface area (Å²) < 4.78 is 17.6. The minimum absolute atomic E-state index is 0.0575. The van der Waals surface area contributed by atoms with Gasteiger partial charge in [-0.2, -0.15) is 0 Å². The summed E-state index contributed by atoms with van der Waals surface area (Å²) in [6.45, 7) is 8.98. The monoisotopic (exact) mass is 375 g/mol. The quantitative estimate of drug-likeness (QED) is 0.582. The molecule has 1 aromatic rings. The highest BCUT2D eigenvalue weighted by Gasteiger charge is 2.13. The van der Waals surface area contributed by atoms with Crippen LogP contribution in [0.15, 0.2) is 16.6 Å². The minimum Gasteiger partial charge on any atom is -0.490 e. The number of benzene rings is 1. The first kappa shape index (κ1) is 19.2. The highest BCUT2D eigenvalue weighted by molar-refractivity contribution is 9.10. The maximum atomic E-state index is 8.62. The van der Waals surface area contributed by atoms with E-state index >= 15 is 0 Å². The second-order valence-electron chi connectivity index (χ2n) is 5.02. The summed E-state index contributed by atoms with van der Waals surface area (Å²) in [4.78, 5) is 0. The lowest BCUT2D eigenvalue weighted by molar-refractivity contribution is 0.0938. The molecule has 0 unspecified atom stereocenters. The number of ether oxygens (including phenoxy) is 3. The first-order chi connectivity index (χ1) is 10.6. The molecule has 0 aliphatic carbocycles. The van der Waals surface area contributed by atoms with E-state index in [0.717, 1.165) is 28.1 Å². The Bertz CT molecular complexity index is 440. The minimum atomic E-state index is 0.0575. The summed E-state index contributed by atoms with van der Waals surface area (Å²) in [6, 6.07) is 4.02. The Labute approximate surface area is 141 Å². The van der Waals surface area contributed by atoms with E-state index in [9.17, 15) is 0 Å². The lowest BCUT2D eigenvalue weighted by Gasteiger charge is -2.17. The van der Waals surface area contributed by atoms with Gasteiger partial charge >= 0.3 is 0 Å². The maximum absolute atomic E-state index is 8.62. The molecule has 0 radical (unpaired) electrons. The van der Waals surface area contributed by atoms with E-state index < -0.39 is 0 Å². The maximum Gasteiger partial charge on any atom is 0.175 e. The van der Waals surface area contributed by atoms with Crippen molar-refractivity contribution in [2.45, 2.75) is 33.4 Å². The smallest absolute Gasteiger partial charge is 0.175 e. The van der Waals surface area contributed by atoms with Crippen molar-refractivity contribution in [1.29, 1.82) is 0 Å². The summed E-state index contributed by atoms with van der Waals surface area (Å²) in [6.07, 6.45) is 0.0863. The standard InChI is InChI=1S/C16H26BrNO4/c1-4-21-15-10-13(11-18-5-7-20-8-6-19)9-14(17)16(15)22-12(2)3/h9-10,12,18-19H,4-8,11H2,1-3H3. The Hall–Kier alpha value is -0.820. The van der Waals surface area contributed by atoms with Crippen molar-refractivity contribution >= 4 is 15.9 Å². The topological polar surface area (TPSA) is 60.0 Å². The van der Waals surface area contributed by atoms with E-state index in [4.69, 9.17) is 19.3 Å². The average molecular weight is 376 g/mol. The fourth-order valence-electron chi connectivity index (χ4n) is 1.88. The van der Waals surface area contributed by atoms with Crippen LogP contribution in [0.2, 0.25) is 0 Å². The Kier molecular flexibility index (Phi) is 9.47. The molecule has 0 atom stereocenters. The predicted molar refractivity (Wildman–Crippen MR) is 90.7 cm³/mol. The number of nitrogens with one attached hydrogen (secondary N) is 1. The van der Waals surface area contributed by atoms with Crippen molar-refractivity contribution in [3.8, 4) is 11.5 Å². The summed E-state index contributed by atoms with van der Waals surface area (Å²) >= 11 is 3.55. The molecular weight excluding hydrogens is 350 g/mol. The molecule has 0 aromatic heterocycles. The van der Waals surface area contributed by atoms with Crippen molar-refractivity contribution in [3.63, 3.8) is 0 Å². The summed E-state index contributed by atoms with van der Waals surface area (Å²) in [5.41, 5.74) is 1.11. The van der Waals surface area contributed by atoms with Crippen molar-refractivity contribution in [2.75, 3.05) is 33.0 Å². The third-order valence-electron chi connectivity index (χ3n) is 2.71. The molecule has 0 aliphatic heterocycles. The van der Waals surface area contributed by atoms with Gasteiger partial charge in [0.1, 0.15) is 0 Å². The number of rotatable bonds is 11. The third-order valence-corrected chi connectivity index (χ3v) is 3.30. The molecule has 22 heavy (non-hydrogen) atoms. The molecule has 0 bridgehead atoms. The first-order valence-corrected chi connectivity index (χ1v) is 8.39. The molecule has 2 N–H and O–H groups in total. The second-order valence-corrected chi connectivity index (χ2v) is 5.87. The van der Waals surface area contributed by atoms with Gasteiger partial charge in [0.25, 0.3) is 0 Å². The lowest BCUT2D eigenvalue weighted by atomic mass is 10.2. The van der Waals surface area contributed by atoms with Crippen molar-refractivity contribution in [1.82, 2.24) is 5.32 Å². The molecule has 0 saturated heterocycles. The van der Waals surface area contributed by atoms with Gasteiger partial charge < -0.3 is 24.6 Å². The van der Waals surface area contributed by atoms with Gasteiger partial charge in [-0.05, 0) is 54.4 Å². The Morgan fingerprint density at radius 1 is 1.27 bits per heavy atom. The van der Waals surface area contributed by atoms with Crippen LogP contribution in [0.1, 0.15) is 26.3 Å². The largest absolute Gasteiger partial charge is 0.490 e. The zero-order valence-electron chi connectivity index (χ0n) is 13.5. The number of aliphatic hydroxyl groups is 1. The molecule has 1 rings (SSSR count). The van der Waals surface area contributed by atoms with Crippen LogP contribution in [-0.2, 0) is 11.3 Å². The summed E-state index contributed by atoms with van der Waals surface area (Å²) in [5.74, 6) is 1.49. The van der Waals surface area contributed by atoms with Gasteiger partial charge in [0.15, 0.2) is 11.5 Å². The molecule has 126 valence electrons. The first-order valence-electron chi connectivity index (χ1n) is 7.59. The van der Waals surface area contributed by atoms with Crippen LogP contribution in [-0.4, -0.2) is 44.2 Å². The van der Waals surface area contributed by atoms with Gasteiger partial charge in [0.05, 0.1) is 37.0 Å². The Morgan fingerprint density at radius 2 is 2.05 bits per heavy atom. The van der Waals surface area contributed by atoms with E-state index in [2.05, 4.69) is 21.2 Å². The van der Waals surface area contributed by atoms with Crippen molar-refractivity contribution in [2.24, 2.45) is 0 Å². The number of hydrogen-bond donors (Lipinski definition) is 2. The van der Waals surface area contributed by atoms with Gasteiger partial charge in [0.2, 0.25) is 0 Å².